The fourth-order valence-electron chi connectivity index (χ4n) is 3.61. The van der Waals surface area contributed by atoms with Crippen LogP contribution in [0.15, 0.2) is 0 Å². The molecule has 0 spiro atoms. The van der Waals surface area contributed by atoms with Crippen molar-refractivity contribution in [2.45, 2.75) is 68.6 Å². The highest BCUT2D eigenvalue weighted by Gasteiger charge is 2.49. The first-order valence-electron chi connectivity index (χ1n) is 7.97. The summed E-state index contributed by atoms with van der Waals surface area (Å²) in [5, 5.41) is 3.53. The van der Waals surface area contributed by atoms with Gasteiger partial charge in [-0.25, -0.2) is 0 Å². The van der Waals surface area contributed by atoms with Crippen LogP contribution in [0.1, 0.15) is 44.9 Å². The number of hydrogen-bond acceptors (Lipinski definition) is 4. The van der Waals surface area contributed by atoms with E-state index in [-0.39, 0.29) is 5.91 Å². The molecule has 1 amide bonds. The summed E-state index contributed by atoms with van der Waals surface area (Å²) in [4.78, 5) is 14.5. The Labute approximate surface area is 121 Å². The summed E-state index contributed by atoms with van der Waals surface area (Å²) >= 11 is 0. The second-order valence-electron chi connectivity index (χ2n) is 6.72. The van der Waals surface area contributed by atoms with Crippen LogP contribution in [-0.2, 0) is 9.53 Å². The molecule has 0 aromatic rings. The van der Waals surface area contributed by atoms with E-state index in [0.717, 1.165) is 32.4 Å². The number of carbonyl (C=O) groups excluding carboxylic acids is 1. The summed E-state index contributed by atoms with van der Waals surface area (Å²) < 4.78 is 5.23. The van der Waals surface area contributed by atoms with Crippen molar-refractivity contribution in [2.24, 2.45) is 5.73 Å². The van der Waals surface area contributed by atoms with Crippen LogP contribution in [0.25, 0.3) is 0 Å². The van der Waals surface area contributed by atoms with Crippen molar-refractivity contribution < 1.29 is 9.53 Å². The van der Waals surface area contributed by atoms with Gasteiger partial charge in [0.2, 0.25) is 5.91 Å². The van der Waals surface area contributed by atoms with Gasteiger partial charge >= 0.3 is 0 Å². The van der Waals surface area contributed by atoms with Crippen molar-refractivity contribution in [1.29, 1.82) is 0 Å². The summed E-state index contributed by atoms with van der Waals surface area (Å²) in [6, 6.07) is 1.71. The molecule has 0 aromatic carbocycles. The van der Waals surface area contributed by atoms with Crippen LogP contribution in [-0.4, -0.2) is 54.7 Å². The number of methoxy groups -OCH3 is 1. The highest BCUT2D eigenvalue weighted by molar-refractivity contribution is 5.85. The Kier molecular flexibility index (Phi) is 4.02. The highest BCUT2D eigenvalue weighted by Crippen LogP contribution is 2.40. The molecule has 3 saturated carbocycles. The van der Waals surface area contributed by atoms with Gasteiger partial charge < -0.3 is 15.8 Å². The van der Waals surface area contributed by atoms with E-state index in [0.29, 0.717) is 18.1 Å². The smallest absolute Gasteiger partial charge is 0.237 e. The Bertz CT molecular complexity index is 368. The van der Waals surface area contributed by atoms with Gasteiger partial charge in [0.25, 0.3) is 0 Å². The van der Waals surface area contributed by atoms with Gasteiger partial charge in [0.05, 0.1) is 12.1 Å². The molecule has 0 bridgehead atoms. The number of primary amides is 1. The maximum Gasteiger partial charge on any atom is 0.237 e. The van der Waals surface area contributed by atoms with Crippen LogP contribution in [0.5, 0.6) is 0 Å². The van der Waals surface area contributed by atoms with Gasteiger partial charge in [-0.15, -0.1) is 0 Å². The molecule has 2 unspecified atom stereocenters. The molecule has 3 rings (SSSR count). The Hall–Kier alpha value is -0.650. The number of nitrogens with two attached hydrogens (primary N) is 1. The van der Waals surface area contributed by atoms with Crippen molar-refractivity contribution in [3.05, 3.63) is 0 Å². The molecule has 114 valence electrons. The summed E-state index contributed by atoms with van der Waals surface area (Å²) in [5.74, 6) is -0.158. The van der Waals surface area contributed by atoms with E-state index in [2.05, 4.69) is 10.2 Å². The van der Waals surface area contributed by atoms with E-state index in [9.17, 15) is 4.79 Å². The first-order chi connectivity index (χ1) is 9.64. The van der Waals surface area contributed by atoms with Crippen molar-refractivity contribution >= 4 is 5.91 Å². The van der Waals surface area contributed by atoms with Gasteiger partial charge in [-0.1, -0.05) is 0 Å². The zero-order valence-electron chi connectivity index (χ0n) is 12.4. The second-order valence-corrected chi connectivity index (χ2v) is 6.72. The molecule has 0 aromatic heterocycles. The van der Waals surface area contributed by atoms with E-state index in [1.54, 1.807) is 7.11 Å². The van der Waals surface area contributed by atoms with E-state index in [1.165, 1.54) is 25.7 Å². The van der Waals surface area contributed by atoms with E-state index in [1.807, 2.05) is 0 Å². The summed E-state index contributed by atoms with van der Waals surface area (Å²) in [6.07, 6.45) is 7.80. The lowest BCUT2D eigenvalue weighted by Crippen LogP contribution is -2.55. The van der Waals surface area contributed by atoms with Crippen molar-refractivity contribution in [3.8, 4) is 0 Å². The lowest BCUT2D eigenvalue weighted by molar-refractivity contribution is -0.124. The number of amides is 1. The molecule has 0 heterocycles. The number of ether oxygens (including phenoxy) is 1. The first kappa shape index (κ1) is 14.3. The summed E-state index contributed by atoms with van der Waals surface area (Å²) in [6.45, 7) is 1.75. The minimum absolute atomic E-state index is 0.158. The summed E-state index contributed by atoms with van der Waals surface area (Å²) in [7, 11) is 1.75. The molecular formula is C15H27N3O2. The Morgan fingerprint density at radius 2 is 2.05 bits per heavy atom. The van der Waals surface area contributed by atoms with Crippen LogP contribution >= 0.6 is 0 Å². The van der Waals surface area contributed by atoms with Gasteiger partial charge in [-0.05, 0) is 44.9 Å². The molecule has 3 N–H and O–H groups in total. The molecule has 5 nitrogen and oxygen atoms in total. The molecule has 0 saturated heterocycles. The number of nitrogens with one attached hydrogen (secondary N) is 1. The van der Waals surface area contributed by atoms with Gasteiger partial charge in [0.1, 0.15) is 0 Å². The third kappa shape index (κ3) is 3.00. The largest absolute Gasteiger partial charge is 0.383 e. The minimum atomic E-state index is -0.452. The van der Waals surface area contributed by atoms with E-state index in [4.69, 9.17) is 10.5 Å². The van der Waals surface area contributed by atoms with Crippen molar-refractivity contribution in [3.63, 3.8) is 0 Å². The highest BCUT2D eigenvalue weighted by atomic mass is 16.5. The monoisotopic (exact) mass is 281 g/mol. The molecule has 5 heteroatoms. The van der Waals surface area contributed by atoms with Crippen molar-refractivity contribution in [2.75, 3.05) is 20.3 Å². The number of rotatable bonds is 8. The quantitative estimate of drug-likeness (QED) is 0.684. The van der Waals surface area contributed by atoms with Crippen LogP contribution in [0, 0.1) is 0 Å². The molecule has 0 radical (unpaired) electrons. The number of carbonyl (C=O) groups is 1. The zero-order valence-corrected chi connectivity index (χ0v) is 12.4. The fourth-order valence-corrected chi connectivity index (χ4v) is 3.61. The molecule has 3 fully saturated rings. The van der Waals surface area contributed by atoms with Crippen LogP contribution in [0.3, 0.4) is 0 Å². The molecule has 2 atom stereocenters. The van der Waals surface area contributed by atoms with Gasteiger partial charge in [0.15, 0.2) is 0 Å². The Balaban J connectivity index is 1.64. The fraction of sp³-hybridized carbons (Fsp3) is 0.933. The standard InChI is InChI=1S/C15H27N3O2/c1-20-9-8-18(12-4-5-12)13-6-7-15(10-13,14(16)19)17-11-2-3-11/h11-13,17H,2-10H2,1H3,(H2,16,19). The predicted molar refractivity (Wildman–Crippen MR) is 77.3 cm³/mol. The predicted octanol–water partition coefficient (Wildman–Crippen LogP) is 0.626. The number of hydrogen-bond donors (Lipinski definition) is 2. The molecule has 3 aliphatic carbocycles. The van der Waals surface area contributed by atoms with Crippen LogP contribution in [0.2, 0.25) is 0 Å². The molecular weight excluding hydrogens is 254 g/mol. The maximum atomic E-state index is 12.0. The lowest BCUT2D eigenvalue weighted by atomic mass is 9.96. The summed E-state index contributed by atoms with van der Waals surface area (Å²) in [5.41, 5.74) is 5.27. The average molecular weight is 281 g/mol. The zero-order chi connectivity index (χ0) is 14.2. The third-order valence-corrected chi connectivity index (χ3v) is 5.06. The maximum absolute atomic E-state index is 12.0. The third-order valence-electron chi connectivity index (χ3n) is 5.06. The topological polar surface area (TPSA) is 67.6 Å². The van der Waals surface area contributed by atoms with Crippen LogP contribution in [0.4, 0.5) is 0 Å². The van der Waals surface area contributed by atoms with Gasteiger partial charge in [0, 0.05) is 31.8 Å². The van der Waals surface area contributed by atoms with Gasteiger partial charge in [-0.3, -0.25) is 9.69 Å². The number of nitrogens with zero attached hydrogens (tertiary/aromatic N) is 1. The van der Waals surface area contributed by atoms with E-state index < -0.39 is 5.54 Å². The van der Waals surface area contributed by atoms with Gasteiger partial charge in [-0.2, -0.15) is 0 Å². The average Bonchev–Trinajstić information content (AvgIpc) is 3.31. The minimum Gasteiger partial charge on any atom is -0.383 e. The molecule has 20 heavy (non-hydrogen) atoms. The first-order valence-corrected chi connectivity index (χ1v) is 7.97. The second kappa shape index (κ2) is 5.62. The lowest BCUT2D eigenvalue weighted by Gasteiger charge is -2.32. The molecule has 0 aliphatic heterocycles. The normalized spacial score (nSPS) is 33.8. The Morgan fingerprint density at radius 1 is 1.30 bits per heavy atom. The Morgan fingerprint density at radius 3 is 2.60 bits per heavy atom. The molecule has 3 aliphatic rings. The SMILES string of the molecule is COCCN(C1CC1)C1CCC(NC2CC2)(C(N)=O)C1. The van der Waals surface area contributed by atoms with Crippen LogP contribution < -0.4 is 11.1 Å². The van der Waals surface area contributed by atoms with E-state index >= 15 is 0 Å². The van der Waals surface area contributed by atoms with Crippen molar-refractivity contribution in [1.82, 2.24) is 10.2 Å².